The molecule has 0 fully saturated rings. The van der Waals surface area contributed by atoms with Gasteiger partial charge in [-0.15, -0.1) is 0 Å². The van der Waals surface area contributed by atoms with Crippen LogP contribution in [-0.4, -0.2) is 10.9 Å². The number of thioether (sulfide) groups is 1. The van der Waals surface area contributed by atoms with Crippen LogP contribution in [0, 0.1) is 11.8 Å². The normalized spacial score (nSPS) is 11.8. The van der Waals surface area contributed by atoms with Crippen LogP contribution in [0.2, 0.25) is 0 Å². The molecule has 8 heteroatoms. The summed E-state index contributed by atoms with van der Waals surface area (Å²) in [5.41, 5.74) is -3.23. The molecular formula is C13H8F6OS. The van der Waals surface area contributed by atoms with Gasteiger partial charge < -0.3 is 0 Å². The van der Waals surface area contributed by atoms with Crippen molar-refractivity contribution in [3.05, 3.63) is 34.9 Å². The van der Waals surface area contributed by atoms with Gasteiger partial charge in [-0.3, -0.25) is 4.79 Å². The number of benzene rings is 1. The molecule has 0 aliphatic rings. The Morgan fingerprint density at radius 3 is 1.90 bits per heavy atom. The molecule has 0 amide bonds. The molecule has 0 atom stereocenters. The summed E-state index contributed by atoms with van der Waals surface area (Å²) >= 11 is 0.813. The maximum Gasteiger partial charge on any atom is 0.416 e. The third-order valence-corrected chi connectivity index (χ3v) is 2.86. The second kappa shape index (κ2) is 6.43. The van der Waals surface area contributed by atoms with E-state index in [2.05, 4.69) is 11.8 Å². The molecule has 0 aliphatic carbocycles. The van der Waals surface area contributed by atoms with Gasteiger partial charge in [-0.1, -0.05) is 23.6 Å². The lowest BCUT2D eigenvalue weighted by Crippen LogP contribution is -2.11. The van der Waals surface area contributed by atoms with Gasteiger partial charge in [-0.25, -0.2) is 0 Å². The second-order valence-electron chi connectivity index (χ2n) is 3.88. The van der Waals surface area contributed by atoms with E-state index in [1.165, 1.54) is 6.92 Å². The molecule has 0 unspecified atom stereocenters. The smallest absolute Gasteiger partial charge is 0.288 e. The van der Waals surface area contributed by atoms with Crippen LogP contribution in [0.1, 0.15) is 23.6 Å². The first-order valence-corrected chi connectivity index (χ1v) is 6.40. The molecular weight excluding hydrogens is 318 g/mol. The summed E-state index contributed by atoms with van der Waals surface area (Å²) in [7, 11) is 0. The highest BCUT2D eigenvalue weighted by atomic mass is 32.2. The van der Waals surface area contributed by atoms with Crippen molar-refractivity contribution < 1.29 is 31.1 Å². The van der Waals surface area contributed by atoms with E-state index in [-0.39, 0.29) is 16.9 Å². The highest BCUT2D eigenvalue weighted by Gasteiger charge is 2.36. The Hall–Kier alpha value is -1.62. The fourth-order valence-electron chi connectivity index (χ4n) is 1.30. The lowest BCUT2D eigenvalue weighted by atomic mass is 10.1. The Kier molecular flexibility index (Phi) is 5.34. The molecule has 0 bridgehead atoms. The summed E-state index contributed by atoms with van der Waals surface area (Å²) < 4.78 is 75.4. The fourth-order valence-corrected chi connectivity index (χ4v) is 1.65. The maximum atomic E-state index is 12.6. The van der Waals surface area contributed by atoms with E-state index in [4.69, 9.17) is 0 Å². The zero-order chi connectivity index (χ0) is 16.3. The van der Waals surface area contributed by atoms with Gasteiger partial charge in [0.25, 0.3) is 0 Å². The van der Waals surface area contributed by atoms with Gasteiger partial charge in [-0.2, -0.15) is 26.3 Å². The molecule has 1 aromatic rings. The summed E-state index contributed by atoms with van der Waals surface area (Å²) in [6.07, 6.45) is -9.79. The summed E-state index contributed by atoms with van der Waals surface area (Å²) in [5.74, 6) is 4.54. The molecule has 1 rings (SSSR count). The number of halogens is 6. The zero-order valence-corrected chi connectivity index (χ0v) is 11.3. The van der Waals surface area contributed by atoms with Crippen molar-refractivity contribution in [3.8, 4) is 11.8 Å². The molecule has 1 nitrogen and oxygen atoms in total. The van der Waals surface area contributed by atoms with Gasteiger partial charge in [0.05, 0.1) is 16.9 Å². The molecule has 21 heavy (non-hydrogen) atoms. The van der Waals surface area contributed by atoms with E-state index in [0.29, 0.717) is 12.1 Å². The summed E-state index contributed by atoms with van der Waals surface area (Å²) in [5, 5.41) is -0.246. The zero-order valence-electron chi connectivity index (χ0n) is 10.5. The first-order chi connectivity index (χ1) is 9.50. The minimum absolute atomic E-state index is 0.00701. The lowest BCUT2D eigenvalue weighted by Gasteiger charge is -2.12. The van der Waals surface area contributed by atoms with E-state index in [1.807, 2.05) is 0 Å². The van der Waals surface area contributed by atoms with Gasteiger partial charge in [0.1, 0.15) is 0 Å². The van der Waals surface area contributed by atoms with Crippen molar-refractivity contribution in [3.63, 3.8) is 0 Å². The van der Waals surface area contributed by atoms with E-state index >= 15 is 0 Å². The van der Waals surface area contributed by atoms with Crippen molar-refractivity contribution in [2.45, 2.75) is 19.3 Å². The van der Waals surface area contributed by atoms with Crippen LogP contribution in [0.15, 0.2) is 18.2 Å². The van der Waals surface area contributed by atoms with E-state index in [9.17, 15) is 31.1 Å². The Balaban J connectivity index is 3.17. The third-order valence-electron chi connectivity index (χ3n) is 2.17. The Morgan fingerprint density at radius 1 is 1.05 bits per heavy atom. The largest absolute Gasteiger partial charge is 0.416 e. The highest BCUT2D eigenvalue weighted by Crippen LogP contribution is 2.36. The number of rotatable bonds is 1. The van der Waals surface area contributed by atoms with Crippen LogP contribution in [-0.2, 0) is 17.1 Å². The topological polar surface area (TPSA) is 17.1 Å². The molecule has 0 radical (unpaired) electrons. The summed E-state index contributed by atoms with van der Waals surface area (Å²) in [6.45, 7) is 1.28. The van der Waals surface area contributed by atoms with Crippen LogP contribution in [0.25, 0.3) is 0 Å². The Morgan fingerprint density at radius 2 is 1.52 bits per heavy atom. The van der Waals surface area contributed by atoms with Gasteiger partial charge in [0, 0.05) is 12.5 Å². The number of carbonyl (C=O) groups is 1. The van der Waals surface area contributed by atoms with Crippen LogP contribution in [0.5, 0.6) is 0 Å². The second-order valence-corrected chi connectivity index (χ2v) is 5.03. The van der Waals surface area contributed by atoms with E-state index < -0.39 is 29.0 Å². The van der Waals surface area contributed by atoms with Gasteiger partial charge in [0.15, 0.2) is 5.12 Å². The molecule has 0 saturated carbocycles. The summed E-state index contributed by atoms with van der Waals surface area (Å²) in [6, 6.07) is 1.12. The minimum atomic E-state index is -4.90. The van der Waals surface area contributed by atoms with E-state index in [1.54, 1.807) is 0 Å². The summed E-state index contributed by atoms with van der Waals surface area (Å²) in [4.78, 5) is 10.6. The number of hydrogen-bond donors (Lipinski definition) is 0. The highest BCUT2D eigenvalue weighted by molar-refractivity contribution is 8.13. The lowest BCUT2D eigenvalue weighted by molar-refractivity contribution is -0.143. The molecule has 0 aliphatic heterocycles. The first kappa shape index (κ1) is 17.4. The molecule has 0 saturated heterocycles. The monoisotopic (exact) mass is 326 g/mol. The van der Waals surface area contributed by atoms with Crippen molar-refractivity contribution in [1.29, 1.82) is 0 Å². The fraction of sp³-hybridized carbons (Fsp3) is 0.308. The predicted molar refractivity (Wildman–Crippen MR) is 66.5 cm³/mol. The maximum absolute atomic E-state index is 12.6. The van der Waals surface area contributed by atoms with Gasteiger partial charge in [-0.05, 0) is 18.2 Å². The van der Waals surface area contributed by atoms with Gasteiger partial charge in [0.2, 0.25) is 0 Å². The number of carbonyl (C=O) groups excluding carboxylic acids is 1. The van der Waals surface area contributed by atoms with Gasteiger partial charge >= 0.3 is 12.4 Å². The van der Waals surface area contributed by atoms with Crippen LogP contribution < -0.4 is 0 Å². The quantitative estimate of drug-likeness (QED) is 0.564. The average molecular weight is 326 g/mol. The molecule has 114 valence electrons. The minimum Gasteiger partial charge on any atom is -0.288 e. The molecule has 0 aromatic heterocycles. The van der Waals surface area contributed by atoms with E-state index in [0.717, 1.165) is 11.8 Å². The first-order valence-electron chi connectivity index (χ1n) is 5.42. The van der Waals surface area contributed by atoms with Crippen molar-refractivity contribution in [2.24, 2.45) is 0 Å². The molecule has 0 heterocycles. The van der Waals surface area contributed by atoms with Crippen molar-refractivity contribution in [1.82, 2.24) is 0 Å². The predicted octanol–water partition coefficient (Wildman–Crippen LogP) is 4.36. The number of hydrogen-bond acceptors (Lipinski definition) is 2. The Labute approximate surface area is 120 Å². The molecule has 1 aromatic carbocycles. The van der Waals surface area contributed by atoms with Crippen LogP contribution in [0.3, 0.4) is 0 Å². The number of alkyl halides is 6. The van der Waals surface area contributed by atoms with Crippen molar-refractivity contribution in [2.75, 3.05) is 5.75 Å². The third kappa shape index (κ3) is 5.71. The Bertz CT molecular complexity index is 559. The average Bonchev–Trinajstić information content (AvgIpc) is 2.32. The van der Waals surface area contributed by atoms with Crippen molar-refractivity contribution >= 4 is 16.9 Å². The molecule has 0 N–H and O–H groups in total. The van der Waals surface area contributed by atoms with Crippen LogP contribution in [0.4, 0.5) is 26.3 Å². The standard InChI is InChI=1S/C13H8F6OS/c1-8(20)21-4-2-3-9-5-10(12(14,15)16)7-11(6-9)13(17,18)19/h5-7H,4H2,1H3. The molecule has 0 spiro atoms. The SMILES string of the molecule is CC(=O)SCC#Cc1cc(C(F)(F)F)cc(C(F)(F)F)c1. The van der Waals surface area contributed by atoms with Crippen LogP contribution >= 0.6 is 11.8 Å².